The van der Waals surface area contributed by atoms with Crippen molar-refractivity contribution in [3.63, 3.8) is 0 Å². The average molecular weight is 292 g/mol. The molecule has 0 saturated carbocycles. The second-order valence-corrected chi connectivity index (χ2v) is 4.92. The molecule has 0 saturated heterocycles. The average Bonchev–Trinajstić information content (AvgIpc) is 2.48. The lowest BCUT2D eigenvalue weighted by atomic mass is 10.1. The van der Waals surface area contributed by atoms with Gasteiger partial charge >= 0.3 is 0 Å². The predicted octanol–water partition coefficient (Wildman–Crippen LogP) is 3.03. The minimum Gasteiger partial charge on any atom is -0.373 e. The lowest BCUT2D eigenvalue weighted by Crippen LogP contribution is -2.09. The zero-order valence-corrected chi connectivity index (χ0v) is 12.3. The van der Waals surface area contributed by atoms with E-state index < -0.39 is 0 Å². The van der Waals surface area contributed by atoms with E-state index in [2.05, 4.69) is 20.6 Å². The zero-order valence-electron chi connectivity index (χ0n) is 11.5. The number of aromatic nitrogens is 2. The Kier molecular flexibility index (Phi) is 5.17. The fourth-order valence-electron chi connectivity index (χ4n) is 1.76. The molecule has 0 spiro atoms. The highest BCUT2D eigenvalue weighted by atomic mass is 32.2. The quantitative estimate of drug-likeness (QED) is 0.633. The van der Waals surface area contributed by atoms with Crippen molar-refractivity contribution in [3.05, 3.63) is 41.7 Å². The fraction of sp³-hybridized carbons (Fsp3) is 0.286. The van der Waals surface area contributed by atoms with Gasteiger partial charge in [0.15, 0.2) is 5.16 Å². The molecular weight excluding hydrogens is 275 g/mol. The normalized spacial score (nSPS) is 10.3. The van der Waals surface area contributed by atoms with Crippen LogP contribution in [0.1, 0.15) is 5.56 Å². The van der Waals surface area contributed by atoms with Crippen LogP contribution in [-0.4, -0.2) is 29.8 Å². The molecule has 0 amide bonds. The van der Waals surface area contributed by atoms with Gasteiger partial charge in [0.25, 0.3) is 0 Å². The van der Waals surface area contributed by atoms with Crippen molar-refractivity contribution in [2.75, 3.05) is 30.5 Å². The molecule has 0 radical (unpaired) electrons. The smallest absolute Gasteiger partial charge is 0.191 e. The Hall–Kier alpha value is -1.82. The molecule has 6 heteroatoms. The second-order valence-electron chi connectivity index (χ2n) is 4.14. The first kappa shape index (κ1) is 14.6. The summed E-state index contributed by atoms with van der Waals surface area (Å²) in [6.07, 6.45) is 2.54. The van der Waals surface area contributed by atoms with E-state index >= 15 is 0 Å². The van der Waals surface area contributed by atoms with Crippen molar-refractivity contribution >= 4 is 23.4 Å². The van der Waals surface area contributed by atoms with E-state index in [0.717, 1.165) is 11.6 Å². The summed E-state index contributed by atoms with van der Waals surface area (Å²) < 4.78 is 13.5. The van der Waals surface area contributed by atoms with Crippen molar-refractivity contribution in [2.45, 2.75) is 11.6 Å². The topological polar surface area (TPSA) is 49.8 Å². The monoisotopic (exact) mass is 292 g/mol. The van der Waals surface area contributed by atoms with Crippen LogP contribution < -0.4 is 10.6 Å². The molecule has 0 fully saturated rings. The van der Waals surface area contributed by atoms with Crippen LogP contribution in [0.15, 0.2) is 35.5 Å². The molecule has 0 bridgehead atoms. The molecular formula is C14H17FN4S. The van der Waals surface area contributed by atoms with Crippen molar-refractivity contribution < 1.29 is 4.39 Å². The Balaban J connectivity index is 1.99. The summed E-state index contributed by atoms with van der Waals surface area (Å²) in [6.45, 7) is 0.620. The minimum absolute atomic E-state index is 0.169. The summed E-state index contributed by atoms with van der Waals surface area (Å²) in [6, 6.07) is 8.64. The molecule has 106 valence electrons. The van der Waals surface area contributed by atoms with Crippen LogP contribution in [0.4, 0.5) is 16.0 Å². The van der Waals surface area contributed by atoms with E-state index in [9.17, 15) is 4.39 Å². The Bertz CT molecular complexity index is 555. The molecule has 1 heterocycles. The Morgan fingerprint density at radius 1 is 1.20 bits per heavy atom. The van der Waals surface area contributed by atoms with Gasteiger partial charge in [0, 0.05) is 19.7 Å². The highest BCUT2D eigenvalue weighted by molar-refractivity contribution is 7.98. The molecule has 1 aromatic heterocycles. The number of halogens is 1. The summed E-state index contributed by atoms with van der Waals surface area (Å²) in [7, 11) is 1.82. The van der Waals surface area contributed by atoms with E-state index in [1.165, 1.54) is 17.8 Å². The molecule has 0 aliphatic heterocycles. The van der Waals surface area contributed by atoms with Gasteiger partial charge in [0.05, 0.1) is 0 Å². The number of thioether (sulfide) groups is 1. The first-order valence-corrected chi connectivity index (χ1v) is 7.53. The van der Waals surface area contributed by atoms with Crippen LogP contribution in [-0.2, 0) is 6.42 Å². The van der Waals surface area contributed by atoms with Crippen LogP contribution >= 0.6 is 11.8 Å². The SMILES string of the molecule is CNc1cc(NCCc2ccccc2F)nc(SC)n1. The number of nitrogens with zero attached hydrogens (tertiary/aromatic N) is 2. The lowest BCUT2D eigenvalue weighted by molar-refractivity contribution is 0.610. The second kappa shape index (κ2) is 7.09. The minimum atomic E-state index is -0.169. The van der Waals surface area contributed by atoms with Gasteiger partial charge in [-0.15, -0.1) is 0 Å². The highest BCUT2D eigenvalue weighted by Crippen LogP contribution is 2.17. The lowest BCUT2D eigenvalue weighted by Gasteiger charge is -2.09. The highest BCUT2D eigenvalue weighted by Gasteiger charge is 2.04. The van der Waals surface area contributed by atoms with Crippen LogP contribution in [0.5, 0.6) is 0 Å². The van der Waals surface area contributed by atoms with Gasteiger partial charge in [-0.2, -0.15) is 0 Å². The van der Waals surface area contributed by atoms with Gasteiger partial charge in [-0.25, -0.2) is 14.4 Å². The van der Waals surface area contributed by atoms with Crippen LogP contribution in [0.3, 0.4) is 0 Å². The van der Waals surface area contributed by atoms with Gasteiger partial charge in [-0.3, -0.25) is 0 Å². The van der Waals surface area contributed by atoms with Gasteiger partial charge in [-0.1, -0.05) is 30.0 Å². The Morgan fingerprint density at radius 2 is 1.95 bits per heavy atom. The van der Waals surface area contributed by atoms with Crippen molar-refractivity contribution in [2.24, 2.45) is 0 Å². The largest absolute Gasteiger partial charge is 0.373 e. The van der Waals surface area contributed by atoms with E-state index in [1.54, 1.807) is 12.1 Å². The number of hydrogen-bond donors (Lipinski definition) is 2. The molecule has 2 aromatic rings. The molecule has 0 unspecified atom stereocenters. The maximum absolute atomic E-state index is 13.5. The number of nitrogens with one attached hydrogen (secondary N) is 2. The maximum atomic E-state index is 13.5. The third-order valence-electron chi connectivity index (χ3n) is 2.80. The van der Waals surface area contributed by atoms with Gasteiger partial charge in [0.2, 0.25) is 0 Å². The number of anilines is 2. The molecule has 0 aliphatic carbocycles. The summed E-state index contributed by atoms with van der Waals surface area (Å²) in [5.74, 6) is 1.33. The first-order valence-electron chi connectivity index (χ1n) is 6.31. The molecule has 20 heavy (non-hydrogen) atoms. The molecule has 2 N–H and O–H groups in total. The summed E-state index contributed by atoms with van der Waals surface area (Å²) in [5, 5.41) is 6.89. The molecule has 4 nitrogen and oxygen atoms in total. The van der Waals surface area contributed by atoms with Crippen molar-refractivity contribution in [3.8, 4) is 0 Å². The first-order chi connectivity index (χ1) is 9.72. The Morgan fingerprint density at radius 3 is 2.65 bits per heavy atom. The summed E-state index contributed by atoms with van der Waals surface area (Å²) >= 11 is 1.48. The maximum Gasteiger partial charge on any atom is 0.191 e. The molecule has 1 aromatic carbocycles. The predicted molar refractivity (Wildman–Crippen MR) is 82.0 cm³/mol. The van der Waals surface area contributed by atoms with Gasteiger partial charge in [-0.05, 0) is 24.3 Å². The van der Waals surface area contributed by atoms with Crippen molar-refractivity contribution in [1.29, 1.82) is 0 Å². The van der Waals surface area contributed by atoms with Gasteiger partial charge < -0.3 is 10.6 Å². The van der Waals surface area contributed by atoms with Crippen LogP contribution in [0, 0.1) is 5.82 Å². The van der Waals surface area contributed by atoms with E-state index in [-0.39, 0.29) is 5.82 Å². The molecule has 0 aliphatic rings. The standard InChI is InChI=1S/C14H17FN4S/c1-16-12-9-13(19-14(18-12)20-2)17-8-7-10-5-3-4-6-11(10)15/h3-6,9H,7-8H2,1-2H3,(H2,16,17,18,19). The zero-order chi connectivity index (χ0) is 14.4. The van der Waals surface area contributed by atoms with E-state index in [0.29, 0.717) is 23.7 Å². The summed E-state index contributed by atoms with van der Waals surface area (Å²) in [4.78, 5) is 8.65. The summed E-state index contributed by atoms with van der Waals surface area (Å²) in [5.41, 5.74) is 0.702. The van der Waals surface area contributed by atoms with Crippen molar-refractivity contribution in [1.82, 2.24) is 9.97 Å². The fourth-order valence-corrected chi connectivity index (χ4v) is 2.14. The van der Waals surface area contributed by atoms with Crippen LogP contribution in [0.2, 0.25) is 0 Å². The number of benzene rings is 1. The third-order valence-corrected chi connectivity index (χ3v) is 3.35. The van der Waals surface area contributed by atoms with Gasteiger partial charge in [0.1, 0.15) is 17.5 Å². The van der Waals surface area contributed by atoms with E-state index in [1.807, 2.05) is 25.4 Å². The third kappa shape index (κ3) is 3.84. The van der Waals surface area contributed by atoms with E-state index in [4.69, 9.17) is 0 Å². The molecule has 2 rings (SSSR count). The number of rotatable bonds is 6. The molecule has 0 atom stereocenters. The Labute approximate surface area is 122 Å². The number of hydrogen-bond acceptors (Lipinski definition) is 5. The van der Waals surface area contributed by atoms with Crippen LogP contribution in [0.25, 0.3) is 0 Å².